The molecule has 4 rings (SSSR count). The van der Waals surface area contributed by atoms with Gasteiger partial charge in [-0.05, 0) is 29.5 Å². The Hall–Kier alpha value is -4.26. The SMILES string of the molecule is CCc1ccc(-c2cc(NC(C)=O)c(=O)n(CC(=O)Nc3cccc4ccccc34)n2)cc1. The number of benzene rings is 3. The lowest BCUT2D eigenvalue weighted by molar-refractivity contribution is -0.117. The van der Waals surface area contributed by atoms with Crippen molar-refractivity contribution < 1.29 is 9.59 Å². The molecule has 3 aromatic carbocycles. The minimum absolute atomic E-state index is 0.0741. The number of hydrogen-bond donors (Lipinski definition) is 2. The zero-order valence-corrected chi connectivity index (χ0v) is 18.5. The number of aromatic nitrogens is 2. The highest BCUT2D eigenvalue weighted by molar-refractivity contribution is 6.02. The molecular formula is C26H24N4O3. The van der Waals surface area contributed by atoms with Crippen molar-refractivity contribution in [3.05, 3.63) is 88.7 Å². The van der Waals surface area contributed by atoms with Crippen LogP contribution < -0.4 is 16.2 Å². The van der Waals surface area contributed by atoms with Crippen LogP contribution in [0.25, 0.3) is 22.0 Å². The number of nitrogens with one attached hydrogen (secondary N) is 2. The third kappa shape index (κ3) is 4.98. The summed E-state index contributed by atoms with van der Waals surface area (Å²) >= 11 is 0. The Morgan fingerprint density at radius 3 is 2.36 bits per heavy atom. The van der Waals surface area contributed by atoms with E-state index in [-0.39, 0.29) is 18.1 Å². The molecule has 0 radical (unpaired) electrons. The average molecular weight is 441 g/mol. The van der Waals surface area contributed by atoms with Gasteiger partial charge >= 0.3 is 0 Å². The van der Waals surface area contributed by atoms with Crippen molar-refractivity contribution in [3.63, 3.8) is 0 Å². The van der Waals surface area contributed by atoms with Crippen LogP contribution in [-0.2, 0) is 22.6 Å². The highest BCUT2D eigenvalue weighted by Crippen LogP contribution is 2.23. The summed E-state index contributed by atoms with van der Waals surface area (Å²) in [5.41, 5.74) is 2.61. The number of fused-ring (bicyclic) bond motifs is 1. The summed E-state index contributed by atoms with van der Waals surface area (Å²) in [6.07, 6.45) is 0.901. The third-order valence-corrected chi connectivity index (χ3v) is 5.30. The number of nitrogens with zero attached hydrogens (tertiary/aromatic N) is 2. The smallest absolute Gasteiger partial charge is 0.291 e. The van der Waals surface area contributed by atoms with E-state index < -0.39 is 11.5 Å². The van der Waals surface area contributed by atoms with Crippen LogP contribution in [-0.4, -0.2) is 21.6 Å². The highest BCUT2D eigenvalue weighted by Gasteiger charge is 2.15. The molecule has 7 heteroatoms. The van der Waals surface area contributed by atoms with E-state index in [2.05, 4.69) is 22.7 Å². The standard InChI is InChI=1S/C26H24N4O3/c1-3-18-11-13-20(14-12-18)23-15-24(27-17(2)31)26(33)30(29-23)16-25(32)28-22-10-6-8-19-7-4-5-9-21(19)22/h4-15H,3,16H2,1-2H3,(H,27,31)(H,28,32). The van der Waals surface area contributed by atoms with E-state index in [0.29, 0.717) is 11.4 Å². The van der Waals surface area contributed by atoms with Gasteiger partial charge in [-0.15, -0.1) is 0 Å². The molecular weight excluding hydrogens is 416 g/mol. The van der Waals surface area contributed by atoms with Gasteiger partial charge < -0.3 is 10.6 Å². The first-order chi connectivity index (χ1) is 15.9. The van der Waals surface area contributed by atoms with Crippen LogP contribution in [0.1, 0.15) is 19.4 Å². The first-order valence-corrected chi connectivity index (χ1v) is 10.7. The van der Waals surface area contributed by atoms with Crippen molar-refractivity contribution in [3.8, 4) is 11.3 Å². The van der Waals surface area contributed by atoms with Crippen LogP contribution in [0, 0.1) is 0 Å². The van der Waals surface area contributed by atoms with Crippen molar-refractivity contribution in [2.45, 2.75) is 26.8 Å². The molecule has 1 aromatic heterocycles. The Morgan fingerprint density at radius 1 is 0.909 bits per heavy atom. The predicted molar refractivity (Wildman–Crippen MR) is 130 cm³/mol. The monoisotopic (exact) mass is 440 g/mol. The molecule has 0 atom stereocenters. The van der Waals surface area contributed by atoms with Crippen LogP contribution in [0.3, 0.4) is 0 Å². The van der Waals surface area contributed by atoms with Gasteiger partial charge in [-0.3, -0.25) is 14.4 Å². The number of amides is 2. The maximum absolute atomic E-state index is 12.9. The first kappa shape index (κ1) is 22.0. The van der Waals surface area contributed by atoms with Crippen molar-refractivity contribution >= 4 is 34.0 Å². The lowest BCUT2D eigenvalue weighted by atomic mass is 10.1. The summed E-state index contributed by atoms with van der Waals surface area (Å²) in [5.74, 6) is -0.773. The fraction of sp³-hybridized carbons (Fsp3) is 0.154. The maximum Gasteiger partial charge on any atom is 0.291 e. The summed E-state index contributed by atoms with van der Waals surface area (Å²) in [6, 6.07) is 22.7. The lowest BCUT2D eigenvalue weighted by Crippen LogP contribution is -2.32. The summed E-state index contributed by atoms with van der Waals surface area (Å²) < 4.78 is 1.08. The average Bonchev–Trinajstić information content (AvgIpc) is 2.81. The van der Waals surface area contributed by atoms with Crippen LogP contribution in [0.15, 0.2) is 77.6 Å². The number of anilines is 2. The number of rotatable bonds is 6. The molecule has 4 aromatic rings. The largest absolute Gasteiger partial charge is 0.324 e. The maximum atomic E-state index is 12.9. The third-order valence-electron chi connectivity index (χ3n) is 5.30. The van der Waals surface area contributed by atoms with Crippen LogP contribution in [0.2, 0.25) is 0 Å². The number of aryl methyl sites for hydroxylation is 1. The lowest BCUT2D eigenvalue weighted by Gasteiger charge is -2.12. The van der Waals surface area contributed by atoms with Gasteiger partial charge in [0.25, 0.3) is 5.56 Å². The van der Waals surface area contributed by atoms with Gasteiger partial charge in [0.1, 0.15) is 12.2 Å². The van der Waals surface area contributed by atoms with E-state index in [0.717, 1.165) is 27.4 Å². The fourth-order valence-electron chi connectivity index (χ4n) is 3.64. The Morgan fingerprint density at radius 2 is 1.64 bits per heavy atom. The van der Waals surface area contributed by atoms with Gasteiger partial charge in [0.05, 0.1) is 5.69 Å². The second-order valence-corrected chi connectivity index (χ2v) is 7.71. The van der Waals surface area contributed by atoms with Crippen molar-refractivity contribution in [2.24, 2.45) is 0 Å². The summed E-state index contributed by atoms with van der Waals surface area (Å²) in [4.78, 5) is 37.4. The molecule has 0 unspecified atom stereocenters. The van der Waals surface area contributed by atoms with Crippen molar-refractivity contribution in [1.82, 2.24) is 9.78 Å². The molecule has 0 aliphatic heterocycles. The molecule has 0 saturated carbocycles. The molecule has 0 saturated heterocycles. The zero-order chi connectivity index (χ0) is 23.4. The molecule has 0 bridgehead atoms. The second-order valence-electron chi connectivity index (χ2n) is 7.71. The predicted octanol–water partition coefficient (Wildman–Crippen LogP) is 4.22. The molecule has 33 heavy (non-hydrogen) atoms. The second kappa shape index (κ2) is 9.48. The van der Waals surface area contributed by atoms with Crippen molar-refractivity contribution in [2.75, 3.05) is 10.6 Å². The molecule has 1 heterocycles. The Labute approximate surface area is 191 Å². The van der Waals surface area contributed by atoms with E-state index in [1.54, 1.807) is 0 Å². The number of hydrogen-bond acceptors (Lipinski definition) is 4. The number of carbonyl (C=O) groups excluding carboxylic acids is 2. The van der Waals surface area contributed by atoms with Gasteiger partial charge in [-0.2, -0.15) is 5.10 Å². The molecule has 7 nitrogen and oxygen atoms in total. The van der Waals surface area contributed by atoms with E-state index in [9.17, 15) is 14.4 Å². The van der Waals surface area contributed by atoms with E-state index in [1.807, 2.05) is 66.7 Å². The van der Waals surface area contributed by atoms with Gasteiger partial charge in [-0.25, -0.2) is 4.68 Å². The molecule has 2 N–H and O–H groups in total. The van der Waals surface area contributed by atoms with Gasteiger partial charge in [0.2, 0.25) is 11.8 Å². The van der Waals surface area contributed by atoms with Crippen LogP contribution in [0.4, 0.5) is 11.4 Å². The highest BCUT2D eigenvalue weighted by atomic mass is 16.2. The normalized spacial score (nSPS) is 10.7. The summed E-state index contributed by atoms with van der Waals surface area (Å²) in [7, 11) is 0. The van der Waals surface area contributed by atoms with Gasteiger partial charge in [-0.1, -0.05) is 67.6 Å². The molecule has 2 amide bonds. The van der Waals surface area contributed by atoms with Crippen molar-refractivity contribution in [1.29, 1.82) is 0 Å². The number of carbonyl (C=O) groups is 2. The molecule has 166 valence electrons. The van der Waals surface area contributed by atoms with Crippen LogP contribution >= 0.6 is 0 Å². The summed E-state index contributed by atoms with van der Waals surface area (Å²) in [5, 5.41) is 11.7. The minimum Gasteiger partial charge on any atom is -0.324 e. The quantitative estimate of drug-likeness (QED) is 0.469. The minimum atomic E-state index is -0.549. The summed E-state index contributed by atoms with van der Waals surface area (Å²) in [6.45, 7) is 3.10. The Bertz CT molecular complexity index is 1390. The van der Waals surface area contributed by atoms with E-state index >= 15 is 0 Å². The topological polar surface area (TPSA) is 93.1 Å². The fourth-order valence-corrected chi connectivity index (χ4v) is 3.64. The molecule has 0 aliphatic carbocycles. The molecule has 0 spiro atoms. The van der Waals surface area contributed by atoms with Gasteiger partial charge in [0, 0.05) is 23.6 Å². The molecule has 0 fully saturated rings. The first-order valence-electron chi connectivity index (χ1n) is 10.7. The Balaban J connectivity index is 1.67. The van der Waals surface area contributed by atoms with Gasteiger partial charge in [0.15, 0.2) is 0 Å². The van der Waals surface area contributed by atoms with Crippen LogP contribution in [0.5, 0.6) is 0 Å². The molecule has 0 aliphatic rings. The van der Waals surface area contributed by atoms with E-state index in [1.165, 1.54) is 18.6 Å². The Kier molecular flexibility index (Phi) is 6.31. The zero-order valence-electron chi connectivity index (χ0n) is 18.5. The van der Waals surface area contributed by atoms with E-state index in [4.69, 9.17) is 0 Å².